The van der Waals surface area contributed by atoms with Crippen LogP contribution in [0.15, 0.2) is 0 Å². The van der Waals surface area contributed by atoms with E-state index in [9.17, 15) is 9.59 Å². The van der Waals surface area contributed by atoms with Gasteiger partial charge in [-0.3, -0.25) is 9.59 Å². The molecular weight excluding hydrogens is 196 g/mol. The van der Waals surface area contributed by atoms with E-state index in [2.05, 4.69) is 5.32 Å². The Bertz CT molecular complexity index is 267. The van der Waals surface area contributed by atoms with Crippen molar-refractivity contribution >= 4 is 11.9 Å². The second-order valence-corrected chi connectivity index (χ2v) is 4.02. The van der Waals surface area contributed by atoms with Gasteiger partial charge in [-0.2, -0.15) is 0 Å². The van der Waals surface area contributed by atoms with Crippen molar-refractivity contribution < 1.29 is 14.7 Å². The standard InChI is InChI=1S/C10H18N2O3/c1-6(11-3)9(13)12-5-4-8(7(12)2)10(14)15/h6-8,11H,4-5H2,1-3H3,(H,14,15). The zero-order chi connectivity index (χ0) is 11.6. The predicted molar refractivity (Wildman–Crippen MR) is 55.4 cm³/mol. The summed E-state index contributed by atoms with van der Waals surface area (Å²) in [7, 11) is 1.72. The number of aliphatic carboxylic acids is 1. The number of hydrogen-bond acceptors (Lipinski definition) is 3. The first-order valence-corrected chi connectivity index (χ1v) is 5.19. The number of rotatable bonds is 3. The van der Waals surface area contributed by atoms with E-state index in [0.29, 0.717) is 13.0 Å². The van der Waals surface area contributed by atoms with Crippen molar-refractivity contribution in [3.8, 4) is 0 Å². The summed E-state index contributed by atoms with van der Waals surface area (Å²) in [6.07, 6.45) is 0.554. The lowest BCUT2D eigenvalue weighted by Gasteiger charge is -2.26. The van der Waals surface area contributed by atoms with Crippen molar-refractivity contribution in [2.75, 3.05) is 13.6 Å². The Morgan fingerprint density at radius 3 is 2.53 bits per heavy atom. The molecule has 0 radical (unpaired) electrons. The highest BCUT2D eigenvalue weighted by molar-refractivity contribution is 5.83. The fraction of sp³-hybridized carbons (Fsp3) is 0.800. The van der Waals surface area contributed by atoms with E-state index in [0.717, 1.165) is 0 Å². The molecule has 1 aliphatic heterocycles. The van der Waals surface area contributed by atoms with Crippen LogP contribution in [-0.4, -0.2) is 47.6 Å². The molecule has 15 heavy (non-hydrogen) atoms. The number of carboxylic acids is 1. The van der Waals surface area contributed by atoms with Gasteiger partial charge in [0.1, 0.15) is 0 Å². The SMILES string of the molecule is CNC(C)C(=O)N1CCC(C(=O)O)C1C. The molecule has 2 N–H and O–H groups in total. The summed E-state index contributed by atoms with van der Waals surface area (Å²) < 4.78 is 0. The molecule has 1 heterocycles. The summed E-state index contributed by atoms with van der Waals surface area (Å²) in [5.41, 5.74) is 0. The zero-order valence-corrected chi connectivity index (χ0v) is 9.36. The van der Waals surface area contributed by atoms with Gasteiger partial charge in [0.25, 0.3) is 0 Å². The number of carbonyl (C=O) groups is 2. The minimum Gasteiger partial charge on any atom is -0.481 e. The molecule has 1 fully saturated rings. The summed E-state index contributed by atoms with van der Waals surface area (Å²) in [5.74, 6) is -1.25. The molecule has 1 rings (SSSR count). The third-order valence-electron chi connectivity index (χ3n) is 3.16. The Morgan fingerprint density at radius 1 is 1.53 bits per heavy atom. The molecule has 86 valence electrons. The Morgan fingerprint density at radius 2 is 2.13 bits per heavy atom. The highest BCUT2D eigenvalue weighted by Gasteiger charge is 2.38. The van der Waals surface area contributed by atoms with Crippen LogP contribution < -0.4 is 5.32 Å². The van der Waals surface area contributed by atoms with E-state index < -0.39 is 11.9 Å². The molecule has 1 saturated heterocycles. The summed E-state index contributed by atoms with van der Waals surface area (Å²) >= 11 is 0. The minimum absolute atomic E-state index is 0.0197. The fourth-order valence-corrected chi connectivity index (χ4v) is 1.95. The van der Waals surface area contributed by atoms with Crippen LogP contribution in [0.3, 0.4) is 0 Å². The Labute approximate surface area is 89.4 Å². The van der Waals surface area contributed by atoms with Gasteiger partial charge >= 0.3 is 5.97 Å². The highest BCUT2D eigenvalue weighted by Crippen LogP contribution is 2.24. The number of nitrogens with zero attached hydrogens (tertiary/aromatic N) is 1. The number of carbonyl (C=O) groups excluding carboxylic acids is 1. The van der Waals surface area contributed by atoms with E-state index >= 15 is 0 Å². The first-order chi connectivity index (χ1) is 6.99. The first-order valence-electron chi connectivity index (χ1n) is 5.19. The Balaban J connectivity index is 2.67. The predicted octanol–water partition coefficient (Wildman–Crippen LogP) is -0.0841. The van der Waals surface area contributed by atoms with Gasteiger partial charge in [0.15, 0.2) is 0 Å². The maximum atomic E-state index is 11.8. The van der Waals surface area contributed by atoms with E-state index in [1.807, 2.05) is 0 Å². The molecule has 3 atom stereocenters. The third-order valence-corrected chi connectivity index (χ3v) is 3.16. The Hall–Kier alpha value is -1.10. The van der Waals surface area contributed by atoms with Crippen LogP contribution in [0.5, 0.6) is 0 Å². The molecule has 0 aromatic heterocycles. The number of amides is 1. The lowest BCUT2D eigenvalue weighted by atomic mass is 10.0. The summed E-state index contributed by atoms with van der Waals surface area (Å²) in [6.45, 7) is 4.12. The molecule has 0 aromatic carbocycles. The first kappa shape index (κ1) is 12.0. The number of nitrogens with one attached hydrogen (secondary N) is 1. The summed E-state index contributed by atoms with van der Waals surface area (Å²) in [4.78, 5) is 24.3. The van der Waals surface area contributed by atoms with Crippen LogP contribution in [0.2, 0.25) is 0 Å². The van der Waals surface area contributed by atoms with Crippen molar-refractivity contribution in [3.63, 3.8) is 0 Å². The normalized spacial score (nSPS) is 27.8. The molecular formula is C10H18N2O3. The third kappa shape index (κ3) is 2.28. The summed E-state index contributed by atoms with van der Waals surface area (Å²) in [5, 5.41) is 11.8. The largest absolute Gasteiger partial charge is 0.481 e. The highest BCUT2D eigenvalue weighted by atomic mass is 16.4. The van der Waals surface area contributed by atoms with Gasteiger partial charge in [-0.15, -0.1) is 0 Å². The molecule has 3 unspecified atom stereocenters. The molecule has 0 aromatic rings. The molecule has 0 saturated carbocycles. The van der Waals surface area contributed by atoms with Gasteiger partial charge in [-0.25, -0.2) is 0 Å². The van der Waals surface area contributed by atoms with Gasteiger partial charge in [0.2, 0.25) is 5.91 Å². The number of hydrogen-bond donors (Lipinski definition) is 2. The van der Waals surface area contributed by atoms with Gasteiger partial charge in [0, 0.05) is 12.6 Å². The summed E-state index contributed by atoms with van der Waals surface area (Å²) in [6, 6.07) is -0.453. The van der Waals surface area contributed by atoms with Crippen molar-refractivity contribution in [1.29, 1.82) is 0 Å². The zero-order valence-electron chi connectivity index (χ0n) is 9.36. The van der Waals surface area contributed by atoms with Gasteiger partial charge < -0.3 is 15.3 Å². The monoisotopic (exact) mass is 214 g/mol. The van der Waals surface area contributed by atoms with Gasteiger partial charge in [-0.05, 0) is 27.3 Å². The lowest BCUT2D eigenvalue weighted by molar-refractivity contribution is -0.143. The van der Waals surface area contributed by atoms with Crippen molar-refractivity contribution in [1.82, 2.24) is 10.2 Å². The lowest BCUT2D eigenvalue weighted by Crippen LogP contribution is -2.46. The topological polar surface area (TPSA) is 69.6 Å². The Kier molecular flexibility index (Phi) is 3.68. The van der Waals surface area contributed by atoms with Crippen LogP contribution in [0.1, 0.15) is 20.3 Å². The van der Waals surface area contributed by atoms with Crippen LogP contribution >= 0.6 is 0 Å². The average molecular weight is 214 g/mol. The van der Waals surface area contributed by atoms with Gasteiger partial charge in [0.05, 0.1) is 12.0 Å². The number of likely N-dealkylation sites (N-methyl/N-ethyl adjacent to an activating group) is 1. The molecule has 1 aliphatic rings. The number of likely N-dealkylation sites (tertiary alicyclic amines) is 1. The van der Waals surface area contributed by atoms with Crippen LogP contribution in [0, 0.1) is 5.92 Å². The molecule has 0 aliphatic carbocycles. The quantitative estimate of drug-likeness (QED) is 0.689. The van der Waals surface area contributed by atoms with Crippen molar-refractivity contribution in [2.45, 2.75) is 32.4 Å². The van der Waals surface area contributed by atoms with Crippen molar-refractivity contribution in [2.24, 2.45) is 5.92 Å². The van der Waals surface area contributed by atoms with Crippen molar-refractivity contribution in [3.05, 3.63) is 0 Å². The van der Waals surface area contributed by atoms with Gasteiger partial charge in [-0.1, -0.05) is 0 Å². The minimum atomic E-state index is -0.810. The van der Waals surface area contributed by atoms with Crippen LogP contribution in [0.4, 0.5) is 0 Å². The molecule has 5 nitrogen and oxygen atoms in total. The maximum absolute atomic E-state index is 11.8. The number of carboxylic acid groups (broad SMARTS) is 1. The molecule has 0 bridgehead atoms. The molecule has 0 spiro atoms. The maximum Gasteiger partial charge on any atom is 0.308 e. The molecule has 1 amide bonds. The second-order valence-electron chi connectivity index (χ2n) is 4.02. The molecule has 5 heteroatoms. The fourth-order valence-electron chi connectivity index (χ4n) is 1.95. The van der Waals surface area contributed by atoms with E-state index in [-0.39, 0.29) is 18.0 Å². The average Bonchev–Trinajstić information content (AvgIpc) is 2.57. The van der Waals surface area contributed by atoms with Crippen LogP contribution in [0.25, 0.3) is 0 Å². The van der Waals surface area contributed by atoms with E-state index in [1.54, 1.807) is 25.8 Å². The van der Waals surface area contributed by atoms with E-state index in [4.69, 9.17) is 5.11 Å². The smallest absolute Gasteiger partial charge is 0.308 e. The van der Waals surface area contributed by atoms with E-state index in [1.165, 1.54) is 0 Å². The van der Waals surface area contributed by atoms with Crippen LogP contribution in [-0.2, 0) is 9.59 Å². The second kappa shape index (κ2) is 4.61.